The first-order valence-corrected chi connectivity index (χ1v) is 8.96. The second kappa shape index (κ2) is 8.34. The molecule has 1 aliphatic heterocycles. The second-order valence-electron chi connectivity index (χ2n) is 4.98. The van der Waals surface area contributed by atoms with Crippen molar-refractivity contribution >= 4 is 45.9 Å². The van der Waals surface area contributed by atoms with Gasteiger partial charge in [-0.25, -0.2) is 9.59 Å². The van der Waals surface area contributed by atoms with Crippen molar-refractivity contribution in [1.29, 1.82) is 0 Å². The molecule has 0 fully saturated rings. The molecule has 2 heterocycles. The fraction of sp³-hybridized carbons (Fsp3) is 0.533. The molecule has 0 spiro atoms. The summed E-state index contributed by atoms with van der Waals surface area (Å²) in [6.45, 7) is 4.78. The van der Waals surface area contributed by atoms with Crippen molar-refractivity contribution in [2.75, 3.05) is 31.0 Å². The Bertz CT molecular complexity index is 646. The van der Waals surface area contributed by atoms with Crippen LogP contribution in [0.1, 0.15) is 34.6 Å². The number of alkyl halides is 1. The lowest BCUT2D eigenvalue weighted by molar-refractivity contribution is -0.113. The van der Waals surface area contributed by atoms with Crippen molar-refractivity contribution in [3.05, 3.63) is 16.0 Å². The minimum absolute atomic E-state index is 0.209. The first kappa shape index (κ1) is 18.5. The molecule has 0 saturated carbocycles. The number of nitrogens with zero attached hydrogens (tertiary/aromatic N) is 1. The Morgan fingerprint density at radius 3 is 2.58 bits per heavy atom. The van der Waals surface area contributed by atoms with Crippen LogP contribution in [-0.2, 0) is 27.2 Å². The minimum Gasteiger partial charge on any atom is -0.462 e. The number of halogens is 1. The van der Waals surface area contributed by atoms with E-state index in [9.17, 15) is 14.4 Å². The van der Waals surface area contributed by atoms with Gasteiger partial charge in [-0.1, -0.05) is 0 Å². The van der Waals surface area contributed by atoms with Crippen LogP contribution in [0.4, 0.5) is 9.80 Å². The summed E-state index contributed by atoms with van der Waals surface area (Å²) in [4.78, 5) is 38.2. The summed E-state index contributed by atoms with van der Waals surface area (Å²) in [6, 6.07) is 0. The Hall–Kier alpha value is -1.80. The predicted molar refractivity (Wildman–Crippen MR) is 90.8 cm³/mol. The third-order valence-corrected chi connectivity index (χ3v) is 4.81. The monoisotopic (exact) mass is 374 g/mol. The molecule has 132 valence electrons. The SMILES string of the molecule is CCOC(=O)c1c(NC(=O)CCl)sc2c1CCN(C(=O)OCC)C2. The maximum absolute atomic E-state index is 12.3. The van der Waals surface area contributed by atoms with E-state index in [0.29, 0.717) is 36.7 Å². The molecule has 0 bridgehead atoms. The lowest BCUT2D eigenvalue weighted by Crippen LogP contribution is -2.36. The van der Waals surface area contributed by atoms with Gasteiger partial charge in [0.05, 0.1) is 25.3 Å². The number of esters is 1. The number of carbonyl (C=O) groups excluding carboxylic acids is 3. The smallest absolute Gasteiger partial charge is 0.410 e. The molecular weight excluding hydrogens is 356 g/mol. The Kier molecular flexibility index (Phi) is 6.44. The summed E-state index contributed by atoms with van der Waals surface area (Å²) in [5.41, 5.74) is 1.17. The van der Waals surface area contributed by atoms with Gasteiger partial charge in [-0.05, 0) is 25.8 Å². The van der Waals surface area contributed by atoms with Gasteiger partial charge in [-0.15, -0.1) is 22.9 Å². The van der Waals surface area contributed by atoms with E-state index >= 15 is 0 Å². The molecule has 2 amide bonds. The van der Waals surface area contributed by atoms with Gasteiger partial charge in [-0.3, -0.25) is 4.79 Å². The van der Waals surface area contributed by atoms with Crippen LogP contribution in [0.5, 0.6) is 0 Å². The van der Waals surface area contributed by atoms with E-state index < -0.39 is 11.9 Å². The van der Waals surface area contributed by atoms with Gasteiger partial charge in [0.1, 0.15) is 10.9 Å². The van der Waals surface area contributed by atoms with Crippen molar-refractivity contribution in [2.24, 2.45) is 0 Å². The topological polar surface area (TPSA) is 84.9 Å². The van der Waals surface area contributed by atoms with E-state index in [1.807, 2.05) is 0 Å². The molecule has 2 rings (SSSR count). The molecule has 0 atom stereocenters. The number of hydrogen-bond donors (Lipinski definition) is 1. The molecular formula is C15H19ClN2O5S. The van der Waals surface area contributed by atoms with Crippen LogP contribution < -0.4 is 5.32 Å². The number of carbonyl (C=O) groups is 3. The number of rotatable bonds is 5. The number of thiophene rings is 1. The van der Waals surface area contributed by atoms with Gasteiger partial charge in [0.2, 0.25) is 5.91 Å². The fourth-order valence-corrected chi connectivity index (χ4v) is 3.78. The van der Waals surface area contributed by atoms with Crippen LogP contribution in [0.15, 0.2) is 0 Å². The van der Waals surface area contributed by atoms with E-state index in [4.69, 9.17) is 21.1 Å². The van der Waals surface area contributed by atoms with E-state index in [1.54, 1.807) is 18.7 Å². The molecule has 24 heavy (non-hydrogen) atoms. The highest BCUT2D eigenvalue weighted by Crippen LogP contribution is 2.37. The molecule has 1 aromatic heterocycles. The van der Waals surface area contributed by atoms with Crippen molar-refractivity contribution in [2.45, 2.75) is 26.8 Å². The Labute approximate surface area is 148 Å². The van der Waals surface area contributed by atoms with Crippen molar-refractivity contribution in [3.63, 3.8) is 0 Å². The summed E-state index contributed by atoms with van der Waals surface area (Å²) >= 11 is 6.79. The van der Waals surface area contributed by atoms with Crippen molar-refractivity contribution in [3.8, 4) is 0 Å². The summed E-state index contributed by atoms with van der Waals surface area (Å²) < 4.78 is 10.1. The number of nitrogens with one attached hydrogen (secondary N) is 1. The third-order valence-electron chi connectivity index (χ3n) is 3.44. The van der Waals surface area contributed by atoms with Crippen molar-refractivity contribution < 1.29 is 23.9 Å². The quantitative estimate of drug-likeness (QED) is 0.632. The van der Waals surface area contributed by atoms with E-state index in [2.05, 4.69) is 5.32 Å². The van der Waals surface area contributed by atoms with Gasteiger partial charge in [-0.2, -0.15) is 0 Å². The first-order valence-electron chi connectivity index (χ1n) is 7.60. The molecule has 0 aliphatic carbocycles. The molecule has 0 radical (unpaired) electrons. The number of fused-ring (bicyclic) bond motifs is 1. The highest BCUT2D eigenvalue weighted by molar-refractivity contribution is 7.17. The molecule has 9 heteroatoms. The molecule has 0 aromatic carbocycles. The summed E-state index contributed by atoms with van der Waals surface area (Å²) in [5.74, 6) is -1.09. The zero-order chi connectivity index (χ0) is 17.7. The van der Waals surface area contributed by atoms with E-state index in [0.717, 1.165) is 10.4 Å². The van der Waals surface area contributed by atoms with Gasteiger partial charge >= 0.3 is 12.1 Å². The lowest BCUT2D eigenvalue weighted by Gasteiger charge is -2.26. The molecule has 0 saturated heterocycles. The van der Waals surface area contributed by atoms with Crippen LogP contribution in [0.2, 0.25) is 0 Å². The van der Waals surface area contributed by atoms with Crippen molar-refractivity contribution in [1.82, 2.24) is 4.90 Å². The van der Waals surface area contributed by atoms with Crippen LogP contribution >= 0.6 is 22.9 Å². The van der Waals surface area contributed by atoms with Crippen LogP contribution in [0.3, 0.4) is 0 Å². The highest BCUT2D eigenvalue weighted by atomic mass is 35.5. The maximum Gasteiger partial charge on any atom is 0.410 e. The molecule has 1 aromatic rings. The average Bonchev–Trinajstić information content (AvgIpc) is 2.91. The second-order valence-corrected chi connectivity index (χ2v) is 6.35. The van der Waals surface area contributed by atoms with Crippen LogP contribution in [0.25, 0.3) is 0 Å². The lowest BCUT2D eigenvalue weighted by atomic mass is 10.0. The summed E-state index contributed by atoms with van der Waals surface area (Å²) in [7, 11) is 0. The number of hydrogen-bond acceptors (Lipinski definition) is 6. The molecule has 1 aliphatic rings. The van der Waals surface area contributed by atoms with Crippen LogP contribution in [-0.4, -0.2) is 48.5 Å². The Morgan fingerprint density at radius 1 is 1.25 bits per heavy atom. The third kappa shape index (κ3) is 3.99. The highest BCUT2D eigenvalue weighted by Gasteiger charge is 2.31. The summed E-state index contributed by atoms with van der Waals surface area (Å²) in [6.07, 6.45) is 0.107. The van der Waals surface area contributed by atoms with Crippen LogP contribution in [0, 0.1) is 0 Å². The molecule has 0 unspecified atom stereocenters. The fourth-order valence-electron chi connectivity index (χ4n) is 2.44. The predicted octanol–water partition coefficient (Wildman–Crippen LogP) is 2.62. The molecule has 7 nitrogen and oxygen atoms in total. The Morgan fingerprint density at radius 2 is 1.96 bits per heavy atom. The standard InChI is InChI=1S/C15H19ClN2O5S/c1-3-22-14(20)12-9-5-6-18(15(21)23-4-2)8-10(9)24-13(12)17-11(19)7-16/h3-8H2,1-2H3,(H,17,19). The van der Waals surface area contributed by atoms with Gasteiger partial charge in [0.15, 0.2) is 0 Å². The largest absolute Gasteiger partial charge is 0.462 e. The minimum atomic E-state index is -0.482. The molecule has 1 N–H and O–H groups in total. The van der Waals surface area contributed by atoms with E-state index in [-0.39, 0.29) is 18.6 Å². The zero-order valence-electron chi connectivity index (χ0n) is 13.5. The number of amides is 2. The number of anilines is 1. The number of ether oxygens (including phenoxy) is 2. The Balaban J connectivity index is 2.32. The maximum atomic E-state index is 12.3. The zero-order valence-corrected chi connectivity index (χ0v) is 15.1. The van der Waals surface area contributed by atoms with Gasteiger partial charge < -0.3 is 19.7 Å². The van der Waals surface area contributed by atoms with Gasteiger partial charge in [0.25, 0.3) is 0 Å². The van der Waals surface area contributed by atoms with Gasteiger partial charge in [0, 0.05) is 11.4 Å². The average molecular weight is 375 g/mol. The first-order chi connectivity index (χ1) is 11.5. The van der Waals surface area contributed by atoms with E-state index in [1.165, 1.54) is 11.3 Å². The normalized spacial score (nSPS) is 13.2. The summed E-state index contributed by atoms with van der Waals surface area (Å²) in [5, 5.41) is 3.05.